The van der Waals surface area contributed by atoms with Gasteiger partial charge in [0.1, 0.15) is 6.04 Å². The van der Waals surface area contributed by atoms with E-state index in [2.05, 4.69) is 10.6 Å². The molecule has 2 aromatic carbocycles. The summed E-state index contributed by atoms with van der Waals surface area (Å²) in [5.41, 5.74) is 2.20. The first-order valence-corrected chi connectivity index (χ1v) is 8.46. The molecule has 25 heavy (non-hydrogen) atoms. The molecule has 0 fully saturated rings. The molecule has 0 aliphatic heterocycles. The molecular weight excluding hydrogens is 316 g/mol. The number of nitrogens with one attached hydrogen (secondary N) is 2. The van der Waals surface area contributed by atoms with Crippen LogP contribution in [0.1, 0.15) is 48.7 Å². The third kappa shape index (κ3) is 5.43. The van der Waals surface area contributed by atoms with E-state index in [0.29, 0.717) is 17.7 Å². The summed E-state index contributed by atoms with van der Waals surface area (Å²) < 4.78 is 0. The zero-order valence-electron chi connectivity index (χ0n) is 14.5. The first-order valence-electron chi connectivity index (χ1n) is 8.46. The average molecular weight is 340 g/mol. The Morgan fingerprint density at radius 2 is 1.80 bits per heavy atom. The molecule has 0 spiro atoms. The second kappa shape index (κ2) is 8.99. The maximum atomic E-state index is 12.2. The lowest BCUT2D eigenvalue weighted by Gasteiger charge is -2.20. The Morgan fingerprint density at radius 1 is 1.08 bits per heavy atom. The van der Waals surface area contributed by atoms with Crippen LogP contribution in [0.2, 0.25) is 0 Å². The van der Waals surface area contributed by atoms with Gasteiger partial charge in [0.2, 0.25) is 0 Å². The lowest BCUT2D eigenvalue weighted by molar-refractivity contribution is -0.139. The predicted octanol–water partition coefficient (Wildman–Crippen LogP) is 3.84. The fraction of sp³-hybridized carbons (Fsp3) is 0.300. The molecule has 0 saturated carbocycles. The average Bonchev–Trinajstić information content (AvgIpc) is 2.62. The summed E-state index contributed by atoms with van der Waals surface area (Å²) in [4.78, 5) is 23.5. The predicted molar refractivity (Wildman–Crippen MR) is 98.7 cm³/mol. The highest BCUT2D eigenvalue weighted by molar-refractivity contribution is 6.04. The standard InChI is InChI=1S/C20H24N2O3/c1-3-8-18(20(24)25)21-14(2)16-11-7-12-17(13-16)22-19(23)15-9-5-4-6-10-15/h4-7,9-14,18,21H,3,8H2,1-2H3,(H,22,23)(H,24,25). The van der Waals surface area contributed by atoms with Gasteiger partial charge in [-0.05, 0) is 43.2 Å². The van der Waals surface area contributed by atoms with Crippen LogP contribution < -0.4 is 10.6 Å². The quantitative estimate of drug-likeness (QED) is 0.682. The number of amides is 1. The molecule has 0 heterocycles. The minimum absolute atomic E-state index is 0.138. The normalized spacial score (nSPS) is 13.0. The zero-order chi connectivity index (χ0) is 18.2. The Hall–Kier alpha value is -2.66. The molecule has 5 nitrogen and oxygen atoms in total. The van der Waals surface area contributed by atoms with E-state index in [-0.39, 0.29) is 11.9 Å². The summed E-state index contributed by atoms with van der Waals surface area (Å²) in [5, 5.41) is 15.3. The van der Waals surface area contributed by atoms with Crippen LogP contribution in [0, 0.1) is 0 Å². The molecule has 0 aliphatic carbocycles. The van der Waals surface area contributed by atoms with E-state index >= 15 is 0 Å². The molecule has 5 heteroatoms. The number of benzene rings is 2. The van der Waals surface area contributed by atoms with E-state index in [1.165, 1.54) is 0 Å². The van der Waals surface area contributed by atoms with Crippen LogP contribution >= 0.6 is 0 Å². The Balaban J connectivity index is 2.07. The van der Waals surface area contributed by atoms with Crippen LogP contribution in [-0.4, -0.2) is 23.0 Å². The highest BCUT2D eigenvalue weighted by atomic mass is 16.4. The highest BCUT2D eigenvalue weighted by Crippen LogP contribution is 2.19. The third-order valence-corrected chi connectivity index (χ3v) is 4.01. The van der Waals surface area contributed by atoms with Gasteiger partial charge in [0.05, 0.1) is 0 Å². The number of hydrogen-bond acceptors (Lipinski definition) is 3. The maximum Gasteiger partial charge on any atom is 0.320 e. The van der Waals surface area contributed by atoms with Gasteiger partial charge < -0.3 is 10.4 Å². The second-order valence-corrected chi connectivity index (χ2v) is 6.01. The smallest absolute Gasteiger partial charge is 0.320 e. The van der Waals surface area contributed by atoms with Crippen LogP contribution in [0.4, 0.5) is 5.69 Å². The number of rotatable bonds is 8. The van der Waals surface area contributed by atoms with Crippen LogP contribution in [0.3, 0.4) is 0 Å². The van der Waals surface area contributed by atoms with Crippen LogP contribution in [0.25, 0.3) is 0 Å². The van der Waals surface area contributed by atoms with E-state index in [0.717, 1.165) is 12.0 Å². The Morgan fingerprint density at radius 3 is 2.44 bits per heavy atom. The van der Waals surface area contributed by atoms with E-state index in [9.17, 15) is 14.7 Å². The van der Waals surface area contributed by atoms with Gasteiger partial charge in [-0.3, -0.25) is 14.9 Å². The number of aliphatic carboxylic acids is 1. The summed E-state index contributed by atoms with van der Waals surface area (Å²) in [5.74, 6) is -1.02. The van der Waals surface area contributed by atoms with Crippen molar-refractivity contribution in [3.05, 3.63) is 65.7 Å². The van der Waals surface area contributed by atoms with Gasteiger partial charge in [-0.2, -0.15) is 0 Å². The van der Waals surface area contributed by atoms with Crippen molar-refractivity contribution in [2.24, 2.45) is 0 Å². The van der Waals surface area contributed by atoms with Crippen molar-refractivity contribution in [3.63, 3.8) is 0 Å². The number of carboxylic acid groups (broad SMARTS) is 1. The molecule has 0 aromatic heterocycles. The molecule has 0 bridgehead atoms. The fourth-order valence-corrected chi connectivity index (χ4v) is 2.64. The molecule has 2 unspecified atom stereocenters. The molecule has 2 atom stereocenters. The van der Waals surface area contributed by atoms with Gasteiger partial charge in [-0.1, -0.05) is 43.7 Å². The molecule has 1 amide bonds. The Labute approximate surface area is 148 Å². The van der Waals surface area contributed by atoms with Gasteiger partial charge in [0.15, 0.2) is 0 Å². The van der Waals surface area contributed by atoms with E-state index in [4.69, 9.17) is 0 Å². The minimum Gasteiger partial charge on any atom is -0.480 e. The third-order valence-electron chi connectivity index (χ3n) is 4.01. The molecule has 0 radical (unpaired) electrons. The van der Waals surface area contributed by atoms with Gasteiger partial charge in [-0.25, -0.2) is 0 Å². The molecule has 0 saturated heterocycles. The first-order chi connectivity index (χ1) is 12.0. The van der Waals surface area contributed by atoms with Crippen LogP contribution in [0.15, 0.2) is 54.6 Å². The van der Waals surface area contributed by atoms with E-state index in [1.807, 2.05) is 56.3 Å². The van der Waals surface area contributed by atoms with E-state index < -0.39 is 12.0 Å². The number of hydrogen-bond donors (Lipinski definition) is 3. The molecule has 2 rings (SSSR count). The van der Waals surface area contributed by atoms with Gasteiger partial charge in [-0.15, -0.1) is 0 Å². The van der Waals surface area contributed by atoms with Crippen LogP contribution in [-0.2, 0) is 4.79 Å². The largest absolute Gasteiger partial charge is 0.480 e. The maximum absolute atomic E-state index is 12.2. The summed E-state index contributed by atoms with van der Waals surface area (Å²) in [6.45, 7) is 3.88. The van der Waals surface area contributed by atoms with Crippen LogP contribution in [0.5, 0.6) is 0 Å². The zero-order valence-corrected chi connectivity index (χ0v) is 14.5. The lowest BCUT2D eigenvalue weighted by Crippen LogP contribution is -2.38. The summed E-state index contributed by atoms with van der Waals surface area (Å²) in [6.07, 6.45) is 1.37. The van der Waals surface area contributed by atoms with Crippen molar-refractivity contribution >= 4 is 17.6 Å². The molecule has 132 valence electrons. The SMILES string of the molecule is CCCC(NC(C)c1cccc(NC(=O)c2ccccc2)c1)C(=O)O. The molecule has 2 aromatic rings. The number of carboxylic acids is 1. The second-order valence-electron chi connectivity index (χ2n) is 6.01. The highest BCUT2D eigenvalue weighted by Gasteiger charge is 2.19. The van der Waals surface area contributed by atoms with Crippen molar-refractivity contribution in [1.82, 2.24) is 5.32 Å². The summed E-state index contributed by atoms with van der Waals surface area (Å²) in [7, 11) is 0. The van der Waals surface area contributed by atoms with Crippen molar-refractivity contribution in [1.29, 1.82) is 0 Å². The number of carbonyl (C=O) groups excluding carboxylic acids is 1. The topological polar surface area (TPSA) is 78.4 Å². The monoisotopic (exact) mass is 340 g/mol. The minimum atomic E-state index is -0.845. The van der Waals surface area contributed by atoms with Gasteiger partial charge in [0, 0.05) is 17.3 Å². The fourth-order valence-electron chi connectivity index (χ4n) is 2.64. The van der Waals surface area contributed by atoms with Crippen molar-refractivity contribution in [2.45, 2.75) is 38.8 Å². The van der Waals surface area contributed by atoms with Gasteiger partial charge in [0.25, 0.3) is 5.91 Å². The number of anilines is 1. The van der Waals surface area contributed by atoms with Crippen molar-refractivity contribution < 1.29 is 14.7 Å². The summed E-state index contributed by atoms with van der Waals surface area (Å²) in [6, 6.07) is 15.7. The Kier molecular flexibility index (Phi) is 6.71. The first kappa shape index (κ1) is 18.7. The van der Waals surface area contributed by atoms with Gasteiger partial charge >= 0.3 is 5.97 Å². The molecular formula is C20H24N2O3. The lowest BCUT2D eigenvalue weighted by atomic mass is 10.0. The van der Waals surface area contributed by atoms with E-state index in [1.54, 1.807) is 12.1 Å². The molecule has 3 N–H and O–H groups in total. The molecule has 0 aliphatic rings. The van der Waals surface area contributed by atoms with Crippen molar-refractivity contribution in [2.75, 3.05) is 5.32 Å². The van der Waals surface area contributed by atoms with Crippen molar-refractivity contribution in [3.8, 4) is 0 Å². The Bertz CT molecular complexity index is 716. The summed E-state index contributed by atoms with van der Waals surface area (Å²) >= 11 is 0. The number of carbonyl (C=O) groups is 2.